The highest BCUT2D eigenvalue weighted by Crippen LogP contribution is 2.36. The number of hydrogen-bond donors (Lipinski definition) is 2. The van der Waals surface area contributed by atoms with Gasteiger partial charge in [-0.05, 0) is 78.0 Å². The first-order chi connectivity index (χ1) is 15.3. The number of hydrazone groups is 1. The molecule has 2 aromatic carbocycles. The van der Waals surface area contributed by atoms with E-state index in [9.17, 15) is 9.59 Å². The quantitative estimate of drug-likeness (QED) is 0.328. The zero-order chi connectivity index (χ0) is 23.5. The van der Waals surface area contributed by atoms with Crippen LogP contribution in [0.2, 0.25) is 0 Å². The van der Waals surface area contributed by atoms with Crippen molar-refractivity contribution < 1.29 is 19.1 Å². The molecule has 0 unspecified atom stereocenters. The normalized spacial score (nSPS) is 10.8. The van der Waals surface area contributed by atoms with Crippen molar-refractivity contribution in [1.29, 1.82) is 0 Å². The maximum atomic E-state index is 12.2. The molecular formula is C24H30BrN3O4. The van der Waals surface area contributed by atoms with Crippen LogP contribution in [0.5, 0.6) is 11.5 Å². The van der Waals surface area contributed by atoms with Gasteiger partial charge in [-0.1, -0.05) is 19.1 Å². The molecule has 0 aromatic heterocycles. The summed E-state index contributed by atoms with van der Waals surface area (Å²) < 4.78 is 12.2. The van der Waals surface area contributed by atoms with Gasteiger partial charge in [-0.3, -0.25) is 9.59 Å². The lowest BCUT2D eigenvalue weighted by Crippen LogP contribution is -2.21. The Hall–Kier alpha value is -2.87. The molecule has 0 bridgehead atoms. The summed E-state index contributed by atoms with van der Waals surface area (Å²) in [4.78, 5) is 24.2. The lowest BCUT2D eigenvalue weighted by molar-refractivity contribution is -0.124. The van der Waals surface area contributed by atoms with Crippen LogP contribution in [-0.4, -0.2) is 31.2 Å². The Balaban J connectivity index is 1.89. The standard InChI is InChI=1S/C24H30BrN3O4/c1-5-12-32-24-19(25)13-18(14-21(24)31-6-2)15-26-28-23(30)11-10-22(29)27-20-9-7-8-16(3)17(20)4/h7-9,13-15H,5-6,10-12H2,1-4H3,(H,27,29)(H,28,30). The maximum Gasteiger partial charge on any atom is 0.240 e. The lowest BCUT2D eigenvalue weighted by atomic mass is 10.1. The average molecular weight is 504 g/mol. The Bertz CT molecular complexity index is 976. The highest BCUT2D eigenvalue weighted by Gasteiger charge is 2.12. The highest BCUT2D eigenvalue weighted by molar-refractivity contribution is 9.10. The SMILES string of the molecule is CCCOc1c(Br)cc(C=NNC(=O)CCC(=O)Nc2cccc(C)c2C)cc1OCC. The second-order valence-electron chi connectivity index (χ2n) is 7.20. The van der Waals surface area contributed by atoms with Crippen molar-refractivity contribution in [3.8, 4) is 11.5 Å². The molecule has 0 aliphatic heterocycles. The number of halogens is 1. The molecule has 0 aliphatic carbocycles. The maximum absolute atomic E-state index is 12.2. The number of carbonyl (C=O) groups excluding carboxylic acids is 2. The summed E-state index contributed by atoms with van der Waals surface area (Å²) in [5.41, 5.74) is 6.06. The number of aryl methyl sites for hydroxylation is 1. The third-order valence-electron chi connectivity index (χ3n) is 4.64. The van der Waals surface area contributed by atoms with E-state index >= 15 is 0 Å². The number of amides is 2. The molecule has 0 saturated heterocycles. The van der Waals surface area contributed by atoms with Gasteiger partial charge in [-0.15, -0.1) is 0 Å². The van der Waals surface area contributed by atoms with Gasteiger partial charge in [0.25, 0.3) is 0 Å². The second-order valence-corrected chi connectivity index (χ2v) is 8.05. The van der Waals surface area contributed by atoms with Gasteiger partial charge in [0, 0.05) is 18.5 Å². The average Bonchev–Trinajstić information content (AvgIpc) is 2.75. The van der Waals surface area contributed by atoms with Crippen LogP contribution in [-0.2, 0) is 9.59 Å². The predicted octanol–water partition coefficient (Wildman–Crippen LogP) is 5.12. The van der Waals surface area contributed by atoms with E-state index in [1.54, 1.807) is 6.07 Å². The van der Waals surface area contributed by atoms with Crippen LogP contribution in [0.15, 0.2) is 39.9 Å². The largest absolute Gasteiger partial charge is 0.490 e. The lowest BCUT2D eigenvalue weighted by Gasteiger charge is -2.14. The molecule has 2 rings (SSSR count). The van der Waals surface area contributed by atoms with E-state index in [0.29, 0.717) is 24.7 Å². The van der Waals surface area contributed by atoms with E-state index in [1.807, 2.05) is 52.0 Å². The van der Waals surface area contributed by atoms with Gasteiger partial charge in [0.05, 0.1) is 23.9 Å². The highest BCUT2D eigenvalue weighted by atomic mass is 79.9. The van der Waals surface area contributed by atoms with Gasteiger partial charge < -0.3 is 14.8 Å². The van der Waals surface area contributed by atoms with E-state index in [-0.39, 0.29) is 24.7 Å². The minimum atomic E-state index is -0.343. The fourth-order valence-corrected chi connectivity index (χ4v) is 3.40. The Morgan fingerprint density at radius 1 is 1.09 bits per heavy atom. The van der Waals surface area contributed by atoms with E-state index in [0.717, 1.165) is 33.3 Å². The van der Waals surface area contributed by atoms with Crippen molar-refractivity contribution in [3.05, 3.63) is 51.5 Å². The summed E-state index contributed by atoms with van der Waals surface area (Å²) in [6, 6.07) is 9.35. The molecule has 32 heavy (non-hydrogen) atoms. The van der Waals surface area contributed by atoms with E-state index in [2.05, 4.69) is 31.8 Å². The third kappa shape index (κ3) is 7.67. The molecule has 8 heteroatoms. The minimum absolute atomic E-state index is 0.0335. The molecule has 0 radical (unpaired) electrons. The molecule has 0 spiro atoms. The van der Waals surface area contributed by atoms with Crippen molar-refractivity contribution >= 4 is 39.6 Å². The number of ether oxygens (including phenoxy) is 2. The van der Waals surface area contributed by atoms with Gasteiger partial charge in [0.2, 0.25) is 11.8 Å². The molecule has 0 atom stereocenters. The molecule has 0 fully saturated rings. The summed E-state index contributed by atoms with van der Waals surface area (Å²) in [6.07, 6.45) is 2.50. The van der Waals surface area contributed by atoms with Gasteiger partial charge in [-0.25, -0.2) is 5.43 Å². The van der Waals surface area contributed by atoms with Crippen LogP contribution in [0, 0.1) is 13.8 Å². The van der Waals surface area contributed by atoms with Crippen molar-refractivity contribution in [1.82, 2.24) is 5.43 Å². The number of benzene rings is 2. The first kappa shape index (κ1) is 25.4. The zero-order valence-corrected chi connectivity index (χ0v) is 20.5. The first-order valence-electron chi connectivity index (χ1n) is 10.6. The molecule has 2 N–H and O–H groups in total. The molecule has 2 aromatic rings. The predicted molar refractivity (Wildman–Crippen MR) is 131 cm³/mol. The van der Waals surface area contributed by atoms with Gasteiger partial charge in [-0.2, -0.15) is 5.10 Å². The van der Waals surface area contributed by atoms with Crippen molar-refractivity contribution in [3.63, 3.8) is 0 Å². The summed E-state index contributed by atoms with van der Waals surface area (Å²) in [7, 11) is 0. The van der Waals surface area contributed by atoms with Crippen molar-refractivity contribution in [2.45, 2.75) is 47.0 Å². The number of carbonyl (C=O) groups is 2. The second kappa shape index (κ2) is 12.9. The van der Waals surface area contributed by atoms with E-state index in [4.69, 9.17) is 9.47 Å². The molecule has 172 valence electrons. The number of rotatable bonds is 11. The first-order valence-corrected chi connectivity index (χ1v) is 11.4. The minimum Gasteiger partial charge on any atom is -0.490 e. The fraction of sp³-hybridized carbons (Fsp3) is 0.375. The monoisotopic (exact) mass is 503 g/mol. The number of hydrogen-bond acceptors (Lipinski definition) is 5. The summed E-state index contributed by atoms with van der Waals surface area (Å²) >= 11 is 3.50. The molecule has 2 amide bonds. The van der Waals surface area contributed by atoms with Crippen LogP contribution >= 0.6 is 15.9 Å². The Kier molecular flexibility index (Phi) is 10.2. The Morgan fingerprint density at radius 2 is 1.84 bits per heavy atom. The number of nitrogens with one attached hydrogen (secondary N) is 2. The molecular weight excluding hydrogens is 474 g/mol. The van der Waals surface area contributed by atoms with E-state index in [1.165, 1.54) is 6.21 Å². The Labute approximate surface area is 197 Å². The van der Waals surface area contributed by atoms with Gasteiger partial charge >= 0.3 is 0 Å². The summed E-state index contributed by atoms with van der Waals surface area (Å²) in [6.45, 7) is 8.94. The van der Waals surface area contributed by atoms with Crippen LogP contribution in [0.1, 0.15) is 49.8 Å². The molecule has 0 heterocycles. The third-order valence-corrected chi connectivity index (χ3v) is 5.23. The number of anilines is 1. The van der Waals surface area contributed by atoms with Crippen molar-refractivity contribution in [2.75, 3.05) is 18.5 Å². The number of nitrogens with zero attached hydrogens (tertiary/aromatic N) is 1. The smallest absolute Gasteiger partial charge is 0.240 e. The van der Waals surface area contributed by atoms with Crippen LogP contribution < -0.4 is 20.2 Å². The molecule has 0 aliphatic rings. The van der Waals surface area contributed by atoms with Crippen LogP contribution in [0.25, 0.3) is 0 Å². The van der Waals surface area contributed by atoms with Gasteiger partial charge in [0.1, 0.15) is 0 Å². The van der Waals surface area contributed by atoms with E-state index < -0.39 is 0 Å². The zero-order valence-electron chi connectivity index (χ0n) is 19.0. The van der Waals surface area contributed by atoms with Gasteiger partial charge in [0.15, 0.2) is 11.5 Å². The fourth-order valence-electron chi connectivity index (χ4n) is 2.83. The summed E-state index contributed by atoms with van der Waals surface area (Å²) in [5, 5.41) is 6.83. The molecule has 7 nitrogen and oxygen atoms in total. The van der Waals surface area contributed by atoms with Crippen LogP contribution in [0.4, 0.5) is 5.69 Å². The van der Waals surface area contributed by atoms with Crippen LogP contribution in [0.3, 0.4) is 0 Å². The summed E-state index contributed by atoms with van der Waals surface area (Å²) in [5.74, 6) is 0.686. The van der Waals surface area contributed by atoms with Crippen molar-refractivity contribution in [2.24, 2.45) is 5.10 Å². The Morgan fingerprint density at radius 3 is 2.56 bits per heavy atom. The topological polar surface area (TPSA) is 89.0 Å². The molecule has 0 saturated carbocycles.